The Morgan fingerprint density at radius 3 is 2.68 bits per heavy atom. The van der Waals surface area contributed by atoms with Crippen molar-refractivity contribution in [1.82, 2.24) is 14.9 Å². The second kappa shape index (κ2) is 11.5. The van der Waals surface area contributed by atoms with E-state index in [1.807, 2.05) is 27.2 Å². The van der Waals surface area contributed by atoms with Gasteiger partial charge in [0.05, 0.1) is 30.4 Å². The highest BCUT2D eigenvalue weighted by atomic mass is 16.5. The van der Waals surface area contributed by atoms with Crippen molar-refractivity contribution in [2.24, 2.45) is 11.8 Å². The molecule has 10 nitrogen and oxygen atoms in total. The topological polar surface area (TPSA) is 118 Å². The van der Waals surface area contributed by atoms with E-state index in [1.165, 1.54) is 31.5 Å². The van der Waals surface area contributed by atoms with Crippen LogP contribution in [0, 0.1) is 23.2 Å². The average Bonchev–Trinajstić information content (AvgIpc) is 3.51. The van der Waals surface area contributed by atoms with E-state index in [4.69, 9.17) is 4.74 Å². The third-order valence-electron chi connectivity index (χ3n) is 7.27. The first kappa shape index (κ1) is 26.2. The van der Waals surface area contributed by atoms with Crippen LogP contribution in [0.3, 0.4) is 0 Å². The number of methoxy groups -OCH3 is 1. The van der Waals surface area contributed by atoms with Crippen molar-refractivity contribution >= 4 is 34.7 Å². The van der Waals surface area contributed by atoms with Crippen molar-refractivity contribution in [3.63, 3.8) is 0 Å². The first-order valence-electron chi connectivity index (χ1n) is 12.6. The molecule has 1 aromatic heterocycles. The first-order chi connectivity index (χ1) is 17.8. The quantitative estimate of drug-likeness (QED) is 0.392. The number of nitrogens with zero attached hydrogens (tertiary/aromatic N) is 5. The molecule has 2 aliphatic rings. The molecule has 1 heterocycles. The summed E-state index contributed by atoms with van der Waals surface area (Å²) in [5.74, 6) is 2.53. The van der Waals surface area contributed by atoms with Crippen LogP contribution in [0.5, 0.6) is 5.75 Å². The van der Waals surface area contributed by atoms with E-state index in [-0.39, 0.29) is 5.91 Å². The molecule has 2 bridgehead atoms. The summed E-state index contributed by atoms with van der Waals surface area (Å²) in [4.78, 5) is 25.4. The Hall–Kier alpha value is -3.84. The van der Waals surface area contributed by atoms with Crippen LogP contribution >= 0.6 is 0 Å². The molecule has 0 saturated heterocycles. The van der Waals surface area contributed by atoms with Gasteiger partial charge in [-0.25, -0.2) is 4.98 Å². The molecule has 10 heteroatoms. The van der Waals surface area contributed by atoms with Crippen LogP contribution in [-0.2, 0) is 4.79 Å². The minimum absolute atomic E-state index is 0.314. The van der Waals surface area contributed by atoms with Gasteiger partial charge in [0.1, 0.15) is 23.2 Å². The SMILES string of the molecule is C=CC(=O)Nc1cc(Nc2ncc(C#N)c(NC3CC4CCC3C4)n2)c(OC)cc1N(C)CCN(C)C. The fourth-order valence-corrected chi connectivity index (χ4v) is 5.26. The average molecular weight is 505 g/mol. The van der Waals surface area contributed by atoms with Crippen molar-refractivity contribution in [1.29, 1.82) is 5.26 Å². The Kier molecular flexibility index (Phi) is 8.14. The zero-order chi connectivity index (χ0) is 26.5. The van der Waals surface area contributed by atoms with Gasteiger partial charge in [-0.3, -0.25) is 4.79 Å². The number of fused-ring (bicyclic) bond motifs is 2. The number of benzene rings is 1. The summed E-state index contributed by atoms with van der Waals surface area (Å²) in [6.45, 7) is 5.16. The Morgan fingerprint density at radius 2 is 2.05 bits per heavy atom. The van der Waals surface area contributed by atoms with Crippen molar-refractivity contribution in [3.8, 4) is 11.8 Å². The highest BCUT2D eigenvalue weighted by Gasteiger charge is 2.39. The lowest BCUT2D eigenvalue weighted by molar-refractivity contribution is -0.111. The number of likely N-dealkylation sites (N-methyl/N-ethyl adjacent to an activating group) is 2. The number of aromatic nitrogens is 2. The van der Waals surface area contributed by atoms with Gasteiger partial charge in [-0.05, 0) is 57.3 Å². The first-order valence-corrected chi connectivity index (χ1v) is 12.6. The molecule has 2 fully saturated rings. The standard InChI is InChI=1S/C27H36N8O2/c1-6-25(36)30-21-13-22(24(37-5)14-23(21)35(4)10-9-34(2)3)32-27-29-16-19(15-28)26(33-27)31-20-12-17-7-8-18(20)11-17/h6,13-14,16-18,20H,1,7-12H2,2-5H3,(H,30,36)(H2,29,31,32,33). The zero-order valence-corrected chi connectivity index (χ0v) is 22.0. The number of rotatable bonds is 11. The molecule has 37 heavy (non-hydrogen) atoms. The van der Waals surface area contributed by atoms with Crippen molar-refractivity contribution < 1.29 is 9.53 Å². The molecule has 0 spiro atoms. The molecule has 3 N–H and O–H groups in total. The van der Waals surface area contributed by atoms with Gasteiger partial charge < -0.3 is 30.5 Å². The van der Waals surface area contributed by atoms with E-state index in [1.54, 1.807) is 13.2 Å². The molecule has 4 rings (SSSR count). The lowest BCUT2D eigenvalue weighted by Gasteiger charge is -2.26. The fourth-order valence-electron chi connectivity index (χ4n) is 5.26. The van der Waals surface area contributed by atoms with Gasteiger partial charge in [0, 0.05) is 32.2 Å². The Bertz CT molecular complexity index is 1190. The molecule has 0 aliphatic heterocycles. The highest BCUT2D eigenvalue weighted by Crippen LogP contribution is 2.45. The Balaban J connectivity index is 1.62. The van der Waals surface area contributed by atoms with E-state index >= 15 is 0 Å². The number of carbonyl (C=O) groups is 1. The third kappa shape index (κ3) is 6.12. The minimum atomic E-state index is -0.314. The van der Waals surface area contributed by atoms with E-state index in [0.29, 0.717) is 46.4 Å². The Morgan fingerprint density at radius 1 is 1.24 bits per heavy atom. The largest absolute Gasteiger partial charge is 0.494 e. The summed E-state index contributed by atoms with van der Waals surface area (Å²) in [6, 6.07) is 6.20. The zero-order valence-electron chi connectivity index (χ0n) is 22.0. The van der Waals surface area contributed by atoms with Gasteiger partial charge in [-0.15, -0.1) is 0 Å². The lowest BCUT2D eigenvalue weighted by atomic mass is 9.95. The number of nitriles is 1. The van der Waals surface area contributed by atoms with Crippen molar-refractivity contribution in [2.75, 3.05) is 62.2 Å². The summed E-state index contributed by atoms with van der Waals surface area (Å²) in [5, 5.41) is 19.3. The number of anilines is 5. The molecular weight excluding hydrogens is 468 g/mol. The van der Waals surface area contributed by atoms with Crippen LogP contribution < -0.4 is 25.6 Å². The van der Waals surface area contributed by atoms with E-state index < -0.39 is 0 Å². The summed E-state index contributed by atoms with van der Waals surface area (Å²) in [5.41, 5.74) is 2.40. The summed E-state index contributed by atoms with van der Waals surface area (Å²) in [6.07, 6.45) is 7.66. The van der Waals surface area contributed by atoms with Crippen molar-refractivity contribution in [2.45, 2.75) is 31.7 Å². The molecule has 3 atom stereocenters. The van der Waals surface area contributed by atoms with Crippen LogP contribution in [0.4, 0.5) is 28.8 Å². The van der Waals surface area contributed by atoms with Crippen LogP contribution in [0.1, 0.15) is 31.2 Å². The van der Waals surface area contributed by atoms with Gasteiger partial charge in [0.2, 0.25) is 11.9 Å². The number of carbonyl (C=O) groups excluding carboxylic acids is 1. The maximum Gasteiger partial charge on any atom is 0.247 e. The minimum Gasteiger partial charge on any atom is -0.494 e. The van der Waals surface area contributed by atoms with Gasteiger partial charge in [0.15, 0.2) is 0 Å². The summed E-state index contributed by atoms with van der Waals surface area (Å²) < 4.78 is 5.68. The van der Waals surface area contributed by atoms with Crippen LogP contribution in [-0.4, -0.2) is 68.2 Å². The second-order valence-corrected chi connectivity index (χ2v) is 10.1. The van der Waals surface area contributed by atoms with Crippen molar-refractivity contribution in [3.05, 3.63) is 36.5 Å². The van der Waals surface area contributed by atoms with Gasteiger partial charge in [0.25, 0.3) is 0 Å². The normalized spacial score (nSPS) is 19.8. The van der Waals surface area contributed by atoms with Gasteiger partial charge in [-0.2, -0.15) is 10.2 Å². The summed E-state index contributed by atoms with van der Waals surface area (Å²) >= 11 is 0. The number of nitrogens with one attached hydrogen (secondary N) is 3. The maximum atomic E-state index is 12.2. The van der Waals surface area contributed by atoms with Crippen LogP contribution in [0.25, 0.3) is 0 Å². The van der Waals surface area contributed by atoms with Crippen LogP contribution in [0.2, 0.25) is 0 Å². The van der Waals surface area contributed by atoms with E-state index in [9.17, 15) is 10.1 Å². The second-order valence-electron chi connectivity index (χ2n) is 10.1. The molecular formula is C27H36N8O2. The molecule has 196 valence electrons. The van der Waals surface area contributed by atoms with E-state index in [0.717, 1.165) is 31.1 Å². The van der Waals surface area contributed by atoms with Gasteiger partial charge >= 0.3 is 0 Å². The highest BCUT2D eigenvalue weighted by molar-refractivity contribution is 6.02. The van der Waals surface area contributed by atoms with Crippen LogP contribution in [0.15, 0.2) is 31.0 Å². The fraction of sp³-hybridized carbons (Fsp3) is 0.481. The number of hydrogen-bond acceptors (Lipinski definition) is 9. The Labute approximate surface area is 218 Å². The number of ether oxygens (including phenoxy) is 1. The molecule has 2 saturated carbocycles. The smallest absolute Gasteiger partial charge is 0.247 e. The number of amides is 1. The van der Waals surface area contributed by atoms with Gasteiger partial charge in [-0.1, -0.05) is 13.0 Å². The monoisotopic (exact) mass is 504 g/mol. The molecule has 1 aromatic carbocycles. The molecule has 0 radical (unpaired) electrons. The summed E-state index contributed by atoms with van der Waals surface area (Å²) in [7, 11) is 7.58. The predicted octanol–water partition coefficient (Wildman–Crippen LogP) is 3.82. The molecule has 2 aliphatic carbocycles. The molecule has 1 amide bonds. The predicted molar refractivity (Wildman–Crippen MR) is 147 cm³/mol. The third-order valence-corrected chi connectivity index (χ3v) is 7.27. The number of hydrogen-bond donors (Lipinski definition) is 3. The lowest BCUT2D eigenvalue weighted by Crippen LogP contribution is -2.29. The maximum absolute atomic E-state index is 12.2. The molecule has 3 unspecified atom stereocenters. The molecule has 2 aromatic rings. The van der Waals surface area contributed by atoms with E-state index in [2.05, 4.69) is 48.4 Å².